The molecule has 2 rings (SSSR count). The van der Waals surface area contributed by atoms with Crippen molar-refractivity contribution in [2.75, 3.05) is 25.1 Å². The summed E-state index contributed by atoms with van der Waals surface area (Å²) in [5, 5.41) is 3.76. The molecule has 2 heteroatoms. The fraction of sp³-hybridized carbons (Fsp3) is 0.684. The lowest BCUT2D eigenvalue weighted by Crippen LogP contribution is -2.42. The monoisotopic (exact) mass is 305 g/mol. The average molecular weight is 306 g/mol. The molecule has 1 aromatic rings. The molecule has 0 amide bonds. The Morgan fingerprint density at radius 3 is 2.86 bits per heavy atom. The minimum absolute atomic E-state index is 0.374. The van der Waals surface area contributed by atoms with Gasteiger partial charge in [-0.05, 0) is 67.7 Å². The highest BCUT2D eigenvalue weighted by atomic mass is 32.2. The highest BCUT2D eigenvalue weighted by molar-refractivity contribution is 7.98. The minimum atomic E-state index is 0.374. The maximum atomic E-state index is 3.76. The Balaban J connectivity index is 2.15. The molecule has 21 heavy (non-hydrogen) atoms. The molecule has 0 bridgehead atoms. The van der Waals surface area contributed by atoms with Gasteiger partial charge in [-0.15, -0.1) is 0 Å². The number of hydrogen-bond acceptors (Lipinski definition) is 2. The standard InChI is InChI=1S/C19H31NS/c1-16(2)14-20-15-19(12-7-13-21-3)11-6-9-17-8-4-5-10-18(17)19/h4-5,8,10,16,20H,6-7,9,11-15H2,1-3H3. The molecule has 0 aliphatic heterocycles. The molecule has 1 nitrogen and oxygen atoms in total. The topological polar surface area (TPSA) is 12.0 Å². The summed E-state index contributed by atoms with van der Waals surface area (Å²) in [6, 6.07) is 9.18. The van der Waals surface area contributed by atoms with Gasteiger partial charge in [0.25, 0.3) is 0 Å². The first kappa shape index (κ1) is 16.9. The lowest BCUT2D eigenvalue weighted by molar-refractivity contribution is 0.309. The molecule has 0 spiro atoms. The molecular weight excluding hydrogens is 274 g/mol. The van der Waals surface area contributed by atoms with Crippen LogP contribution in [-0.4, -0.2) is 25.1 Å². The third-order valence-electron chi connectivity index (χ3n) is 4.71. The van der Waals surface area contributed by atoms with E-state index in [1.54, 1.807) is 11.1 Å². The fourth-order valence-corrected chi connectivity index (χ4v) is 4.13. The molecule has 0 radical (unpaired) electrons. The van der Waals surface area contributed by atoms with Crippen LogP contribution in [0.5, 0.6) is 0 Å². The van der Waals surface area contributed by atoms with Crippen molar-refractivity contribution >= 4 is 11.8 Å². The summed E-state index contributed by atoms with van der Waals surface area (Å²) >= 11 is 1.98. The van der Waals surface area contributed by atoms with Gasteiger partial charge < -0.3 is 5.32 Å². The highest BCUT2D eigenvalue weighted by Crippen LogP contribution is 2.40. The van der Waals surface area contributed by atoms with E-state index >= 15 is 0 Å². The van der Waals surface area contributed by atoms with Gasteiger partial charge >= 0.3 is 0 Å². The van der Waals surface area contributed by atoms with E-state index in [9.17, 15) is 0 Å². The number of hydrogen-bond donors (Lipinski definition) is 1. The maximum Gasteiger partial charge on any atom is 0.00809 e. The summed E-state index contributed by atoms with van der Waals surface area (Å²) in [5.41, 5.74) is 3.60. The third-order valence-corrected chi connectivity index (χ3v) is 5.41. The van der Waals surface area contributed by atoms with E-state index in [0.29, 0.717) is 5.41 Å². The summed E-state index contributed by atoms with van der Waals surface area (Å²) in [7, 11) is 0. The molecule has 0 saturated heterocycles. The normalized spacial score (nSPS) is 21.5. The van der Waals surface area contributed by atoms with E-state index < -0.39 is 0 Å². The average Bonchev–Trinajstić information content (AvgIpc) is 2.48. The summed E-state index contributed by atoms with van der Waals surface area (Å²) < 4.78 is 0. The molecule has 1 aliphatic carbocycles. The zero-order valence-electron chi connectivity index (χ0n) is 14.0. The van der Waals surface area contributed by atoms with Crippen LogP contribution in [0.15, 0.2) is 24.3 Å². The molecule has 118 valence electrons. The van der Waals surface area contributed by atoms with Gasteiger partial charge in [0.15, 0.2) is 0 Å². The zero-order valence-corrected chi connectivity index (χ0v) is 14.8. The predicted molar refractivity (Wildman–Crippen MR) is 96.4 cm³/mol. The highest BCUT2D eigenvalue weighted by Gasteiger charge is 2.35. The van der Waals surface area contributed by atoms with Gasteiger partial charge in [-0.2, -0.15) is 11.8 Å². The second kappa shape index (κ2) is 8.24. The Kier molecular flexibility index (Phi) is 6.63. The summed E-state index contributed by atoms with van der Waals surface area (Å²) in [5.74, 6) is 2.01. The number of nitrogens with one attached hydrogen (secondary N) is 1. The van der Waals surface area contributed by atoms with Crippen LogP contribution < -0.4 is 5.32 Å². The quantitative estimate of drug-likeness (QED) is 0.702. The van der Waals surface area contributed by atoms with Gasteiger partial charge in [0.1, 0.15) is 0 Å². The van der Waals surface area contributed by atoms with Crippen molar-refractivity contribution < 1.29 is 0 Å². The van der Waals surface area contributed by atoms with Crippen LogP contribution in [0.4, 0.5) is 0 Å². The Bertz CT molecular complexity index is 429. The number of aryl methyl sites for hydroxylation is 1. The second-order valence-electron chi connectivity index (χ2n) is 6.91. The van der Waals surface area contributed by atoms with E-state index in [1.165, 1.54) is 37.9 Å². The third kappa shape index (κ3) is 4.50. The van der Waals surface area contributed by atoms with Crippen LogP contribution in [0, 0.1) is 5.92 Å². The molecule has 1 aromatic carbocycles. The van der Waals surface area contributed by atoms with Gasteiger partial charge in [0.2, 0.25) is 0 Å². The van der Waals surface area contributed by atoms with Crippen LogP contribution in [0.25, 0.3) is 0 Å². The van der Waals surface area contributed by atoms with Gasteiger partial charge in [-0.3, -0.25) is 0 Å². The maximum absolute atomic E-state index is 3.76. The number of thioether (sulfide) groups is 1. The van der Waals surface area contributed by atoms with Gasteiger partial charge in [0, 0.05) is 12.0 Å². The van der Waals surface area contributed by atoms with Crippen LogP contribution in [0.3, 0.4) is 0 Å². The van der Waals surface area contributed by atoms with Crippen molar-refractivity contribution in [2.45, 2.75) is 51.4 Å². The molecule has 1 N–H and O–H groups in total. The SMILES string of the molecule is CSCCCC1(CNCC(C)C)CCCc2ccccc21. The van der Waals surface area contributed by atoms with Crippen LogP contribution in [0.2, 0.25) is 0 Å². The van der Waals surface area contributed by atoms with Crippen LogP contribution in [0.1, 0.15) is 50.7 Å². The molecule has 1 aliphatic rings. The van der Waals surface area contributed by atoms with Crippen molar-refractivity contribution in [1.82, 2.24) is 5.32 Å². The number of benzene rings is 1. The molecule has 1 unspecified atom stereocenters. The number of rotatable bonds is 8. The number of fused-ring (bicyclic) bond motifs is 1. The Morgan fingerprint density at radius 2 is 2.10 bits per heavy atom. The van der Waals surface area contributed by atoms with E-state index in [-0.39, 0.29) is 0 Å². The van der Waals surface area contributed by atoms with Crippen LogP contribution >= 0.6 is 11.8 Å². The summed E-state index contributed by atoms with van der Waals surface area (Å²) in [6.45, 7) is 6.87. The molecular formula is C19H31NS. The zero-order chi connectivity index (χ0) is 15.1. The Labute approximate surface area is 135 Å². The first-order chi connectivity index (χ1) is 10.2. The van der Waals surface area contributed by atoms with Gasteiger partial charge in [0.05, 0.1) is 0 Å². The van der Waals surface area contributed by atoms with Crippen molar-refractivity contribution in [3.05, 3.63) is 35.4 Å². The van der Waals surface area contributed by atoms with E-state index in [0.717, 1.165) is 19.0 Å². The van der Waals surface area contributed by atoms with Crippen molar-refractivity contribution in [2.24, 2.45) is 5.92 Å². The molecule has 0 aromatic heterocycles. The van der Waals surface area contributed by atoms with E-state index in [1.807, 2.05) is 11.8 Å². The Morgan fingerprint density at radius 1 is 1.29 bits per heavy atom. The lowest BCUT2D eigenvalue weighted by Gasteiger charge is -2.40. The van der Waals surface area contributed by atoms with Gasteiger partial charge in [-0.25, -0.2) is 0 Å². The minimum Gasteiger partial charge on any atom is -0.316 e. The largest absolute Gasteiger partial charge is 0.316 e. The van der Waals surface area contributed by atoms with Crippen LogP contribution in [-0.2, 0) is 11.8 Å². The van der Waals surface area contributed by atoms with Gasteiger partial charge in [-0.1, -0.05) is 38.1 Å². The summed E-state index contributed by atoms with van der Waals surface area (Å²) in [6.07, 6.45) is 8.85. The van der Waals surface area contributed by atoms with Crippen molar-refractivity contribution in [3.8, 4) is 0 Å². The first-order valence-corrected chi connectivity index (χ1v) is 9.85. The first-order valence-electron chi connectivity index (χ1n) is 8.46. The fourth-order valence-electron chi connectivity index (χ4n) is 3.69. The summed E-state index contributed by atoms with van der Waals surface area (Å²) in [4.78, 5) is 0. The van der Waals surface area contributed by atoms with E-state index in [2.05, 4.69) is 49.7 Å². The molecule has 0 heterocycles. The lowest BCUT2D eigenvalue weighted by atomic mass is 9.67. The second-order valence-corrected chi connectivity index (χ2v) is 7.90. The molecule has 0 fully saturated rings. The smallest absolute Gasteiger partial charge is 0.00809 e. The van der Waals surface area contributed by atoms with Crippen molar-refractivity contribution in [1.29, 1.82) is 0 Å². The Hall–Kier alpha value is -0.470. The van der Waals surface area contributed by atoms with E-state index in [4.69, 9.17) is 0 Å². The molecule has 1 atom stereocenters. The predicted octanol–water partition coefficient (Wildman–Crippen LogP) is 4.65. The molecule has 0 saturated carbocycles. The van der Waals surface area contributed by atoms with Crippen molar-refractivity contribution in [3.63, 3.8) is 0 Å².